The van der Waals surface area contributed by atoms with Gasteiger partial charge in [0.2, 0.25) is 0 Å². The molecular formula is C49H39NO. The highest BCUT2D eigenvalue weighted by Gasteiger charge is 2.40. The van der Waals surface area contributed by atoms with Gasteiger partial charge in [-0.05, 0) is 98.3 Å². The number of nitrogens with zero attached hydrogens (tertiary/aromatic N) is 1. The number of fused-ring (bicyclic) bond motifs is 5. The molecule has 7 aromatic rings. The maximum atomic E-state index is 6.48. The van der Waals surface area contributed by atoms with Crippen LogP contribution in [-0.2, 0) is 5.41 Å². The van der Waals surface area contributed by atoms with E-state index in [-0.39, 0.29) is 5.41 Å². The first-order chi connectivity index (χ1) is 24.9. The van der Waals surface area contributed by atoms with Crippen molar-refractivity contribution in [3.63, 3.8) is 0 Å². The molecule has 1 heterocycles. The molecule has 51 heavy (non-hydrogen) atoms. The van der Waals surface area contributed by atoms with E-state index in [1.807, 2.05) is 24.3 Å². The fourth-order valence-electron chi connectivity index (χ4n) is 7.75. The molecule has 0 saturated carbocycles. The minimum Gasteiger partial charge on any atom is -0.456 e. The van der Waals surface area contributed by atoms with Crippen molar-refractivity contribution in [1.82, 2.24) is 0 Å². The molecule has 1 aliphatic carbocycles. The van der Waals surface area contributed by atoms with Gasteiger partial charge in [0.25, 0.3) is 0 Å². The average Bonchev–Trinajstić information content (AvgIpc) is 3.63. The second-order valence-corrected chi connectivity index (χ2v) is 13.5. The highest BCUT2D eigenvalue weighted by Crippen LogP contribution is 2.51. The van der Waals surface area contributed by atoms with Crippen LogP contribution in [0, 0.1) is 0 Å². The van der Waals surface area contributed by atoms with E-state index >= 15 is 0 Å². The first-order valence-corrected chi connectivity index (χ1v) is 17.4. The molecule has 6 aromatic carbocycles. The van der Waals surface area contributed by atoms with Crippen LogP contribution in [-0.4, -0.2) is 0 Å². The summed E-state index contributed by atoms with van der Waals surface area (Å²) in [6.45, 7) is 17.7. The molecule has 8 rings (SSSR count). The SMILES string of the molecule is C=C/C=C\C(=C\c1cccc2oc3cc4ccccc4cc3c12)N(/C(C=C)=C1/C(=C)c2ccccc2C1(C)C)c1ccc(-c2ccccc2)cc1. The lowest BCUT2D eigenvalue weighted by Gasteiger charge is -2.33. The summed E-state index contributed by atoms with van der Waals surface area (Å²) in [7, 11) is 0. The molecule has 1 aliphatic rings. The van der Waals surface area contributed by atoms with Gasteiger partial charge in [-0.15, -0.1) is 0 Å². The molecule has 246 valence electrons. The van der Waals surface area contributed by atoms with Gasteiger partial charge >= 0.3 is 0 Å². The molecule has 0 spiro atoms. The van der Waals surface area contributed by atoms with Gasteiger partial charge in [0.05, 0.1) is 5.70 Å². The minimum atomic E-state index is -0.311. The maximum absolute atomic E-state index is 6.48. The van der Waals surface area contributed by atoms with E-state index in [0.717, 1.165) is 66.7 Å². The monoisotopic (exact) mass is 657 g/mol. The van der Waals surface area contributed by atoms with Gasteiger partial charge in [-0.25, -0.2) is 0 Å². The van der Waals surface area contributed by atoms with E-state index in [1.54, 1.807) is 0 Å². The summed E-state index contributed by atoms with van der Waals surface area (Å²) in [5.74, 6) is 0. The summed E-state index contributed by atoms with van der Waals surface area (Å²) in [4.78, 5) is 2.31. The van der Waals surface area contributed by atoms with Crippen molar-refractivity contribution in [3.8, 4) is 11.1 Å². The molecule has 0 atom stereocenters. The zero-order valence-corrected chi connectivity index (χ0v) is 29.1. The van der Waals surface area contributed by atoms with Crippen molar-refractivity contribution in [2.45, 2.75) is 19.3 Å². The smallest absolute Gasteiger partial charge is 0.136 e. The Bertz CT molecular complexity index is 2590. The van der Waals surface area contributed by atoms with Gasteiger partial charge in [0.15, 0.2) is 0 Å². The summed E-state index contributed by atoms with van der Waals surface area (Å²) in [5, 5.41) is 4.50. The molecule has 0 radical (unpaired) electrons. The Morgan fingerprint density at radius 1 is 0.706 bits per heavy atom. The maximum Gasteiger partial charge on any atom is 0.136 e. The third-order valence-electron chi connectivity index (χ3n) is 10.1. The summed E-state index contributed by atoms with van der Waals surface area (Å²) >= 11 is 0. The fraction of sp³-hybridized carbons (Fsp3) is 0.0612. The van der Waals surface area contributed by atoms with Crippen LogP contribution < -0.4 is 4.90 Å². The fourth-order valence-corrected chi connectivity index (χ4v) is 7.75. The summed E-state index contributed by atoms with van der Waals surface area (Å²) in [5.41, 5.74) is 12.3. The van der Waals surface area contributed by atoms with Crippen LogP contribution in [0.25, 0.3) is 55.5 Å². The third-order valence-corrected chi connectivity index (χ3v) is 10.1. The van der Waals surface area contributed by atoms with Gasteiger partial charge in [-0.2, -0.15) is 0 Å². The molecule has 0 bridgehead atoms. The number of anilines is 1. The molecular weight excluding hydrogens is 619 g/mol. The van der Waals surface area contributed by atoms with Crippen LogP contribution in [0.5, 0.6) is 0 Å². The van der Waals surface area contributed by atoms with E-state index < -0.39 is 0 Å². The second kappa shape index (κ2) is 12.8. The van der Waals surface area contributed by atoms with Crippen molar-refractivity contribution < 1.29 is 4.42 Å². The van der Waals surface area contributed by atoms with Crippen molar-refractivity contribution in [3.05, 3.63) is 211 Å². The molecule has 1 aromatic heterocycles. The van der Waals surface area contributed by atoms with Crippen LogP contribution in [0.4, 0.5) is 5.69 Å². The topological polar surface area (TPSA) is 16.4 Å². The van der Waals surface area contributed by atoms with Crippen molar-refractivity contribution in [2.24, 2.45) is 0 Å². The molecule has 0 saturated heterocycles. The lowest BCUT2D eigenvalue weighted by Crippen LogP contribution is -2.26. The van der Waals surface area contributed by atoms with Gasteiger partial charge in [-0.3, -0.25) is 0 Å². The number of allylic oxidation sites excluding steroid dienone is 6. The van der Waals surface area contributed by atoms with Crippen LogP contribution >= 0.6 is 0 Å². The lowest BCUT2D eigenvalue weighted by atomic mass is 9.81. The van der Waals surface area contributed by atoms with Gasteiger partial charge in [0, 0.05) is 27.6 Å². The Morgan fingerprint density at radius 2 is 1.39 bits per heavy atom. The molecule has 0 aliphatic heterocycles. The van der Waals surface area contributed by atoms with E-state index in [1.165, 1.54) is 22.1 Å². The van der Waals surface area contributed by atoms with Crippen molar-refractivity contribution in [1.29, 1.82) is 0 Å². The first kappa shape index (κ1) is 31.9. The lowest BCUT2D eigenvalue weighted by molar-refractivity contribution is 0.654. The number of hydrogen-bond acceptors (Lipinski definition) is 2. The minimum absolute atomic E-state index is 0.311. The number of benzene rings is 6. The van der Waals surface area contributed by atoms with Crippen molar-refractivity contribution in [2.75, 3.05) is 4.90 Å². The normalized spacial score (nSPS) is 15.1. The molecule has 0 amide bonds. The molecule has 0 unspecified atom stereocenters. The quantitative estimate of drug-likeness (QED) is 0.151. The number of rotatable bonds is 8. The van der Waals surface area contributed by atoms with E-state index in [9.17, 15) is 0 Å². The van der Waals surface area contributed by atoms with E-state index in [4.69, 9.17) is 4.42 Å². The third kappa shape index (κ3) is 5.46. The van der Waals surface area contributed by atoms with Crippen LogP contribution in [0.1, 0.15) is 30.5 Å². The molecule has 0 N–H and O–H groups in total. The summed E-state index contributed by atoms with van der Waals surface area (Å²) in [6.07, 6.45) is 10.2. The average molecular weight is 658 g/mol. The molecule has 0 fully saturated rings. The summed E-state index contributed by atoms with van der Waals surface area (Å²) in [6, 6.07) is 46.9. The Labute approximate surface area is 300 Å². The summed E-state index contributed by atoms with van der Waals surface area (Å²) < 4.78 is 6.48. The predicted octanol–water partition coefficient (Wildman–Crippen LogP) is 13.4. The number of hydrogen-bond donors (Lipinski definition) is 0. The van der Waals surface area contributed by atoms with Crippen LogP contribution in [0.2, 0.25) is 0 Å². The highest BCUT2D eigenvalue weighted by atomic mass is 16.3. The van der Waals surface area contributed by atoms with Gasteiger partial charge < -0.3 is 9.32 Å². The van der Waals surface area contributed by atoms with E-state index in [2.05, 4.69) is 178 Å². The Balaban J connectivity index is 1.39. The Morgan fingerprint density at radius 3 is 2.12 bits per heavy atom. The first-order valence-electron chi connectivity index (χ1n) is 17.4. The zero-order valence-electron chi connectivity index (χ0n) is 29.1. The van der Waals surface area contributed by atoms with Gasteiger partial charge in [0.1, 0.15) is 11.2 Å². The second-order valence-electron chi connectivity index (χ2n) is 13.5. The zero-order chi connectivity index (χ0) is 35.1. The van der Waals surface area contributed by atoms with Gasteiger partial charge in [-0.1, -0.05) is 149 Å². The largest absolute Gasteiger partial charge is 0.456 e. The Kier molecular flexibility index (Phi) is 8.01. The Hall–Kier alpha value is -6.38. The van der Waals surface area contributed by atoms with E-state index in [0.29, 0.717) is 0 Å². The molecule has 2 nitrogen and oxygen atoms in total. The standard InChI is InChI=1S/C49H39NO/c1-6-8-22-40(30-38-21-16-25-45-47(38)42-31-36-19-12-13-20-37(36)32-46(42)51-45)50(39-28-26-35(27-29-39)34-17-10-9-11-18-34)44(7-2)48-33(3)41-23-14-15-24-43(41)49(48,4)5/h6-32H,1-3H2,4-5H3/b22-8-,40-30-,48-44-. The van der Waals surface area contributed by atoms with Crippen LogP contribution in [0.15, 0.2) is 199 Å². The number of furan rings is 1. The van der Waals surface area contributed by atoms with Crippen molar-refractivity contribution >= 4 is 50.0 Å². The highest BCUT2D eigenvalue weighted by molar-refractivity contribution is 6.13. The van der Waals surface area contributed by atoms with Crippen LogP contribution in [0.3, 0.4) is 0 Å². The molecule has 2 heteroatoms. The predicted molar refractivity (Wildman–Crippen MR) is 219 cm³/mol.